The van der Waals surface area contributed by atoms with E-state index < -0.39 is 0 Å². The van der Waals surface area contributed by atoms with Gasteiger partial charge in [-0.15, -0.1) is 0 Å². The first-order chi connectivity index (χ1) is 9.49. The molecule has 0 aliphatic carbocycles. The van der Waals surface area contributed by atoms with E-state index in [9.17, 15) is 4.79 Å². The van der Waals surface area contributed by atoms with Gasteiger partial charge in [-0.1, -0.05) is 43.8 Å². The van der Waals surface area contributed by atoms with Gasteiger partial charge < -0.3 is 9.47 Å². The molecule has 1 aromatic carbocycles. The van der Waals surface area contributed by atoms with Gasteiger partial charge in [0.2, 0.25) is 0 Å². The van der Waals surface area contributed by atoms with Crippen LogP contribution in [-0.2, 0) is 14.3 Å². The molecule has 2 unspecified atom stereocenters. The highest BCUT2D eigenvalue weighted by molar-refractivity contribution is 7.99. The molecule has 1 heterocycles. The van der Waals surface area contributed by atoms with Crippen molar-refractivity contribution in [1.29, 1.82) is 0 Å². The zero-order valence-electron chi connectivity index (χ0n) is 12.4. The molecule has 0 amide bonds. The van der Waals surface area contributed by atoms with Gasteiger partial charge in [-0.2, -0.15) is 0 Å². The number of hydrogen-bond donors (Lipinski definition) is 0. The van der Waals surface area contributed by atoms with Gasteiger partial charge in [0.25, 0.3) is 0 Å². The van der Waals surface area contributed by atoms with Crippen LogP contribution in [0.25, 0.3) is 0 Å². The zero-order valence-corrected chi connectivity index (χ0v) is 13.2. The van der Waals surface area contributed by atoms with Gasteiger partial charge in [0.1, 0.15) is 11.5 Å². The minimum atomic E-state index is -0.245. The first-order valence-corrected chi connectivity index (χ1v) is 7.91. The lowest BCUT2D eigenvalue weighted by Gasteiger charge is -2.42. The lowest BCUT2D eigenvalue weighted by Crippen LogP contribution is -2.48. The van der Waals surface area contributed by atoms with E-state index in [1.807, 2.05) is 30.3 Å². The SMILES string of the molecule is CC(=O)OC1[C@@H](C)[C@@H](C)C(C)O[C@H]1Sc1ccccc1. The van der Waals surface area contributed by atoms with E-state index in [1.54, 1.807) is 11.8 Å². The summed E-state index contributed by atoms with van der Waals surface area (Å²) >= 11 is 1.62. The Morgan fingerprint density at radius 3 is 2.40 bits per heavy atom. The van der Waals surface area contributed by atoms with Crippen molar-refractivity contribution < 1.29 is 14.3 Å². The van der Waals surface area contributed by atoms with Crippen molar-refractivity contribution in [1.82, 2.24) is 0 Å². The van der Waals surface area contributed by atoms with Gasteiger partial charge in [0, 0.05) is 17.7 Å². The van der Waals surface area contributed by atoms with E-state index in [0.29, 0.717) is 5.92 Å². The van der Waals surface area contributed by atoms with Crippen LogP contribution in [0.1, 0.15) is 27.7 Å². The molecule has 110 valence electrons. The van der Waals surface area contributed by atoms with Crippen LogP contribution in [0.5, 0.6) is 0 Å². The molecule has 2 rings (SSSR count). The molecule has 1 aromatic rings. The molecule has 0 bridgehead atoms. The summed E-state index contributed by atoms with van der Waals surface area (Å²) in [5.74, 6) is 0.404. The average Bonchev–Trinajstić information content (AvgIpc) is 2.42. The van der Waals surface area contributed by atoms with Crippen LogP contribution in [0.15, 0.2) is 35.2 Å². The zero-order chi connectivity index (χ0) is 14.7. The Labute approximate surface area is 125 Å². The molecule has 0 N–H and O–H groups in total. The van der Waals surface area contributed by atoms with Gasteiger partial charge in [0.15, 0.2) is 0 Å². The second-order valence-electron chi connectivity index (χ2n) is 5.43. The largest absolute Gasteiger partial charge is 0.459 e. The Morgan fingerprint density at radius 2 is 1.80 bits per heavy atom. The van der Waals surface area contributed by atoms with Crippen LogP contribution in [0.2, 0.25) is 0 Å². The standard InChI is InChI=1S/C16H22O3S/c1-10-11(2)15(19-13(4)17)16(18-12(10)3)20-14-8-6-5-7-9-14/h5-12,15-16H,1-4H3/t10-,11+,12?,15?,16+/m1/s1. The predicted octanol–water partition coefficient (Wildman–Crippen LogP) is 3.73. The monoisotopic (exact) mass is 294 g/mol. The summed E-state index contributed by atoms with van der Waals surface area (Å²) in [6, 6.07) is 10.1. The van der Waals surface area contributed by atoms with Crippen molar-refractivity contribution in [3.05, 3.63) is 30.3 Å². The lowest BCUT2D eigenvalue weighted by molar-refractivity contribution is -0.174. The first-order valence-electron chi connectivity index (χ1n) is 7.03. The van der Waals surface area contributed by atoms with Crippen molar-refractivity contribution in [2.24, 2.45) is 11.8 Å². The van der Waals surface area contributed by atoms with E-state index >= 15 is 0 Å². The molecule has 0 spiro atoms. The van der Waals surface area contributed by atoms with E-state index in [4.69, 9.17) is 9.47 Å². The summed E-state index contributed by atoms with van der Waals surface area (Å²) in [4.78, 5) is 12.5. The fourth-order valence-corrected chi connectivity index (χ4v) is 3.72. The molecule has 0 radical (unpaired) electrons. The number of thioether (sulfide) groups is 1. The number of esters is 1. The maximum Gasteiger partial charge on any atom is 0.303 e. The molecule has 4 heteroatoms. The topological polar surface area (TPSA) is 35.5 Å². The molecule has 20 heavy (non-hydrogen) atoms. The van der Waals surface area contributed by atoms with E-state index in [2.05, 4.69) is 20.8 Å². The smallest absolute Gasteiger partial charge is 0.303 e. The summed E-state index contributed by atoms with van der Waals surface area (Å²) in [5.41, 5.74) is -0.150. The van der Waals surface area contributed by atoms with E-state index in [0.717, 1.165) is 4.90 Å². The molecular weight excluding hydrogens is 272 g/mol. The highest BCUT2D eigenvalue weighted by Gasteiger charge is 2.42. The third kappa shape index (κ3) is 3.55. The van der Waals surface area contributed by atoms with Crippen molar-refractivity contribution >= 4 is 17.7 Å². The molecule has 1 aliphatic rings. The molecule has 1 saturated heterocycles. The molecule has 3 nitrogen and oxygen atoms in total. The number of ether oxygens (including phenoxy) is 2. The van der Waals surface area contributed by atoms with E-state index in [1.165, 1.54) is 6.92 Å². The molecule has 0 aromatic heterocycles. The second-order valence-corrected chi connectivity index (χ2v) is 6.60. The highest BCUT2D eigenvalue weighted by atomic mass is 32.2. The Kier molecular flexibility index (Phi) is 5.11. The number of rotatable bonds is 3. The molecule has 1 fully saturated rings. The Hall–Kier alpha value is -1.00. The van der Waals surface area contributed by atoms with Crippen molar-refractivity contribution in [2.75, 3.05) is 0 Å². The summed E-state index contributed by atoms with van der Waals surface area (Å²) in [6.07, 6.45) is -0.0399. The van der Waals surface area contributed by atoms with Crippen LogP contribution < -0.4 is 0 Å². The predicted molar refractivity (Wildman–Crippen MR) is 80.5 cm³/mol. The summed E-state index contributed by atoms with van der Waals surface area (Å²) in [7, 11) is 0. The summed E-state index contributed by atoms with van der Waals surface area (Å²) in [6.45, 7) is 7.83. The number of carbonyl (C=O) groups excluding carboxylic acids is 1. The average molecular weight is 294 g/mol. The Morgan fingerprint density at radius 1 is 1.15 bits per heavy atom. The van der Waals surface area contributed by atoms with E-state index in [-0.39, 0.29) is 29.5 Å². The maximum absolute atomic E-state index is 11.4. The third-order valence-electron chi connectivity index (χ3n) is 4.00. The molecular formula is C16H22O3S. The van der Waals surface area contributed by atoms with Crippen LogP contribution in [-0.4, -0.2) is 23.6 Å². The van der Waals surface area contributed by atoms with Gasteiger partial charge in [0.05, 0.1) is 6.10 Å². The minimum Gasteiger partial charge on any atom is -0.459 e. The highest BCUT2D eigenvalue weighted by Crippen LogP contribution is 2.39. The second kappa shape index (κ2) is 6.64. The fraction of sp³-hybridized carbons (Fsp3) is 0.562. The van der Waals surface area contributed by atoms with Crippen LogP contribution >= 0.6 is 11.8 Å². The number of carbonyl (C=O) groups is 1. The Bertz CT molecular complexity index is 448. The Balaban J connectivity index is 2.16. The minimum absolute atomic E-state index is 0.150. The normalized spacial score (nSPS) is 33.7. The van der Waals surface area contributed by atoms with Crippen LogP contribution in [0, 0.1) is 11.8 Å². The molecule has 5 atom stereocenters. The summed E-state index contributed by atoms with van der Waals surface area (Å²) in [5, 5.41) is 0. The fourth-order valence-electron chi connectivity index (χ4n) is 2.47. The maximum atomic E-state index is 11.4. The van der Waals surface area contributed by atoms with Crippen LogP contribution in [0.3, 0.4) is 0 Å². The molecule has 1 aliphatic heterocycles. The van der Waals surface area contributed by atoms with Gasteiger partial charge >= 0.3 is 5.97 Å². The number of benzene rings is 1. The van der Waals surface area contributed by atoms with Crippen molar-refractivity contribution in [2.45, 2.75) is 50.2 Å². The summed E-state index contributed by atoms with van der Waals surface area (Å²) < 4.78 is 11.6. The van der Waals surface area contributed by atoms with Crippen LogP contribution in [0.4, 0.5) is 0 Å². The molecule has 0 saturated carbocycles. The number of hydrogen-bond acceptors (Lipinski definition) is 4. The lowest BCUT2D eigenvalue weighted by atomic mass is 9.85. The van der Waals surface area contributed by atoms with Crippen molar-refractivity contribution in [3.8, 4) is 0 Å². The van der Waals surface area contributed by atoms with Crippen molar-refractivity contribution in [3.63, 3.8) is 0 Å². The van der Waals surface area contributed by atoms with Gasteiger partial charge in [-0.3, -0.25) is 4.79 Å². The van der Waals surface area contributed by atoms with Gasteiger partial charge in [-0.05, 0) is 25.0 Å². The first kappa shape index (κ1) is 15.4. The quantitative estimate of drug-likeness (QED) is 0.796. The third-order valence-corrected chi connectivity index (χ3v) is 5.16. The van der Waals surface area contributed by atoms with Gasteiger partial charge in [-0.25, -0.2) is 0 Å².